The van der Waals surface area contributed by atoms with Crippen molar-refractivity contribution in [3.63, 3.8) is 0 Å². The predicted octanol–water partition coefficient (Wildman–Crippen LogP) is 0.168. The number of hydrogen-bond acceptors (Lipinski definition) is 4. The highest BCUT2D eigenvalue weighted by Crippen LogP contribution is 2.26. The zero-order valence-corrected chi connectivity index (χ0v) is 10.0. The van der Waals surface area contributed by atoms with Gasteiger partial charge in [0.2, 0.25) is 11.8 Å². The fourth-order valence-electron chi connectivity index (χ4n) is 2.08. The zero-order valence-electron chi connectivity index (χ0n) is 10.0. The van der Waals surface area contributed by atoms with Gasteiger partial charge in [-0.15, -0.1) is 0 Å². The molecule has 1 aromatic heterocycles. The molecule has 1 aromatic rings. The van der Waals surface area contributed by atoms with Gasteiger partial charge < -0.3 is 5.73 Å². The summed E-state index contributed by atoms with van der Waals surface area (Å²) in [5.74, 6) is 0.109. The molecule has 0 saturated carbocycles. The maximum Gasteiger partial charge on any atom is 0.235 e. The molecular formula is C11H16N4O2. The van der Waals surface area contributed by atoms with Crippen LogP contribution in [0.25, 0.3) is 0 Å². The number of anilines is 1. The number of amides is 2. The SMILES string of the molecule is CC1CC(=O)N(c2nn(C)cc2CN)C(=O)C1. The lowest BCUT2D eigenvalue weighted by molar-refractivity contribution is -0.130. The summed E-state index contributed by atoms with van der Waals surface area (Å²) in [5, 5.41) is 4.15. The third-order valence-electron chi connectivity index (χ3n) is 2.86. The number of nitrogens with two attached hydrogens (primary N) is 1. The summed E-state index contributed by atoms with van der Waals surface area (Å²) in [6, 6.07) is 0. The van der Waals surface area contributed by atoms with Crippen LogP contribution in [0, 0.1) is 5.92 Å². The Kier molecular flexibility index (Phi) is 2.97. The van der Waals surface area contributed by atoms with Gasteiger partial charge in [-0.1, -0.05) is 6.92 Å². The van der Waals surface area contributed by atoms with E-state index in [4.69, 9.17) is 5.73 Å². The lowest BCUT2D eigenvalue weighted by Crippen LogP contribution is -2.43. The molecule has 0 aromatic carbocycles. The van der Waals surface area contributed by atoms with Gasteiger partial charge in [0.15, 0.2) is 5.82 Å². The minimum atomic E-state index is -0.192. The number of nitrogens with zero attached hydrogens (tertiary/aromatic N) is 3. The number of rotatable bonds is 2. The average Bonchev–Trinajstić information content (AvgIpc) is 2.58. The maximum atomic E-state index is 11.9. The Bertz CT molecular complexity index is 448. The van der Waals surface area contributed by atoms with Crippen LogP contribution in [0.1, 0.15) is 25.3 Å². The van der Waals surface area contributed by atoms with E-state index >= 15 is 0 Å². The van der Waals surface area contributed by atoms with Crippen LogP contribution in [0.3, 0.4) is 0 Å². The van der Waals surface area contributed by atoms with Gasteiger partial charge in [-0.2, -0.15) is 5.10 Å². The van der Waals surface area contributed by atoms with Crippen LogP contribution >= 0.6 is 0 Å². The second kappa shape index (κ2) is 4.29. The molecule has 17 heavy (non-hydrogen) atoms. The Morgan fingerprint density at radius 2 is 2.00 bits per heavy atom. The number of hydrogen-bond donors (Lipinski definition) is 1. The molecule has 6 nitrogen and oxygen atoms in total. The molecule has 0 radical (unpaired) electrons. The number of aryl methyl sites for hydroxylation is 1. The average molecular weight is 236 g/mol. The van der Waals surface area contributed by atoms with Gasteiger partial charge in [0, 0.05) is 38.2 Å². The van der Waals surface area contributed by atoms with Crippen LogP contribution < -0.4 is 10.6 Å². The monoisotopic (exact) mass is 236 g/mol. The fraction of sp³-hybridized carbons (Fsp3) is 0.545. The Balaban J connectivity index is 2.38. The maximum absolute atomic E-state index is 11.9. The Morgan fingerprint density at radius 3 is 2.53 bits per heavy atom. The summed E-state index contributed by atoms with van der Waals surface area (Å²) in [7, 11) is 1.74. The van der Waals surface area contributed by atoms with E-state index in [2.05, 4.69) is 5.10 Å². The second-order valence-corrected chi connectivity index (χ2v) is 4.49. The van der Waals surface area contributed by atoms with E-state index in [0.29, 0.717) is 24.2 Å². The van der Waals surface area contributed by atoms with Crippen LogP contribution in [0.5, 0.6) is 0 Å². The number of imide groups is 1. The number of piperidine rings is 1. The number of carbonyl (C=O) groups excluding carboxylic acids is 2. The summed E-state index contributed by atoms with van der Waals surface area (Å²) >= 11 is 0. The van der Waals surface area contributed by atoms with Crippen LogP contribution in [0.2, 0.25) is 0 Å². The first-order valence-corrected chi connectivity index (χ1v) is 5.61. The van der Waals surface area contributed by atoms with Crippen molar-refractivity contribution >= 4 is 17.6 Å². The molecule has 1 aliphatic heterocycles. The third-order valence-corrected chi connectivity index (χ3v) is 2.86. The van der Waals surface area contributed by atoms with E-state index in [1.54, 1.807) is 17.9 Å². The van der Waals surface area contributed by atoms with Crippen LogP contribution in [0.4, 0.5) is 5.82 Å². The van der Waals surface area contributed by atoms with Crippen molar-refractivity contribution < 1.29 is 9.59 Å². The second-order valence-electron chi connectivity index (χ2n) is 4.49. The molecule has 2 amide bonds. The molecule has 6 heteroatoms. The van der Waals surface area contributed by atoms with Gasteiger partial charge in [0.25, 0.3) is 0 Å². The summed E-state index contributed by atoms with van der Waals surface area (Å²) in [5.41, 5.74) is 6.30. The molecule has 2 N–H and O–H groups in total. The van der Waals surface area contributed by atoms with Crippen molar-refractivity contribution in [3.8, 4) is 0 Å². The molecule has 0 spiro atoms. The molecule has 92 valence electrons. The molecule has 0 atom stereocenters. The van der Waals surface area contributed by atoms with Crippen molar-refractivity contribution in [2.75, 3.05) is 4.90 Å². The molecule has 1 fully saturated rings. The van der Waals surface area contributed by atoms with Gasteiger partial charge in [0.1, 0.15) is 0 Å². The first-order valence-electron chi connectivity index (χ1n) is 5.61. The molecule has 1 saturated heterocycles. The van der Waals surface area contributed by atoms with Crippen molar-refractivity contribution in [2.24, 2.45) is 18.7 Å². The molecular weight excluding hydrogens is 220 g/mol. The summed E-state index contributed by atoms with van der Waals surface area (Å²) in [6.45, 7) is 2.16. The number of carbonyl (C=O) groups is 2. The summed E-state index contributed by atoms with van der Waals surface area (Å²) in [6.07, 6.45) is 2.49. The lowest BCUT2D eigenvalue weighted by Gasteiger charge is -2.27. The summed E-state index contributed by atoms with van der Waals surface area (Å²) < 4.78 is 1.57. The third kappa shape index (κ3) is 2.08. The zero-order chi connectivity index (χ0) is 12.6. The van der Waals surface area contributed by atoms with Gasteiger partial charge >= 0.3 is 0 Å². The highest BCUT2D eigenvalue weighted by Gasteiger charge is 2.34. The van der Waals surface area contributed by atoms with Gasteiger partial charge in [-0.3, -0.25) is 14.3 Å². The van der Waals surface area contributed by atoms with Gasteiger partial charge in [-0.05, 0) is 5.92 Å². The Hall–Kier alpha value is -1.69. The molecule has 1 aliphatic rings. The quantitative estimate of drug-likeness (QED) is 0.742. The molecule has 2 rings (SSSR count). The normalized spacial score (nSPS) is 17.9. The van der Waals surface area contributed by atoms with E-state index in [-0.39, 0.29) is 24.3 Å². The van der Waals surface area contributed by atoms with Gasteiger partial charge in [-0.25, -0.2) is 4.90 Å². The van der Waals surface area contributed by atoms with Gasteiger partial charge in [0.05, 0.1) is 0 Å². The predicted molar refractivity (Wildman–Crippen MR) is 62.0 cm³/mol. The Morgan fingerprint density at radius 1 is 1.41 bits per heavy atom. The molecule has 0 unspecified atom stereocenters. The van der Waals surface area contributed by atoms with Crippen molar-refractivity contribution in [1.29, 1.82) is 0 Å². The lowest BCUT2D eigenvalue weighted by atomic mass is 9.97. The molecule has 0 aliphatic carbocycles. The highest BCUT2D eigenvalue weighted by molar-refractivity contribution is 6.16. The van der Waals surface area contributed by atoms with E-state index in [1.807, 2.05) is 6.92 Å². The largest absolute Gasteiger partial charge is 0.326 e. The first-order chi connectivity index (χ1) is 8.02. The topological polar surface area (TPSA) is 81.2 Å². The van der Waals surface area contributed by atoms with Crippen molar-refractivity contribution in [1.82, 2.24) is 9.78 Å². The standard InChI is InChI=1S/C11H16N4O2/c1-7-3-9(16)15(10(17)4-7)11-8(5-12)6-14(2)13-11/h6-7H,3-5,12H2,1-2H3. The fourth-order valence-corrected chi connectivity index (χ4v) is 2.08. The van der Waals surface area contributed by atoms with Crippen LogP contribution in [0.15, 0.2) is 6.20 Å². The highest BCUT2D eigenvalue weighted by atomic mass is 16.2. The van der Waals surface area contributed by atoms with E-state index in [9.17, 15) is 9.59 Å². The van der Waals surface area contributed by atoms with E-state index in [0.717, 1.165) is 0 Å². The summed E-state index contributed by atoms with van der Waals surface area (Å²) in [4.78, 5) is 25.0. The molecule has 2 heterocycles. The smallest absolute Gasteiger partial charge is 0.235 e. The Labute approximate surface area is 99.4 Å². The number of aromatic nitrogens is 2. The van der Waals surface area contributed by atoms with Crippen LogP contribution in [-0.2, 0) is 23.2 Å². The molecule has 0 bridgehead atoms. The first kappa shape index (κ1) is 11.8. The van der Waals surface area contributed by atoms with Crippen molar-refractivity contribution in [2.45, 2.75) is 26.3 Å². The van der Waals surface area contributed by atoms with E-state index in [1.165, 1.54) is 4.90 Å². The van der Waals surface area contributed by atoms with Crippen molar-refractivity contribution in [3.05, 3.63) is 11.8 Å². The minimum Gasteiger partial charge on any atom is -0.326 e. The minimum absolute atomic E-state index is 0.108. The van der Waals surface area contributed by atoms with Crippen LogP contribution in [-0.4, -0.2) is 21.6 Å². The van der Waals surface area contributed by atoms with E-state index < -0.39 is 0 Å².